The average Bonchev–Trinajstić information content (AvgIpc) is 3.09. The maximum atomic E-state index is 12.0. The highest BCUT2D eigenvalue weighted by molar-refractivity contribution is 5.74. The van der Waals surface area contributed by atoms with Crippen LogP contribution < -0.4 is 15.5 Å². The third-order valence-corrected chi connectivity index (χ3v) is 4.27. The second-order valence-electron chi connectivity index (χ2n) is 6.11. The summed E-state index contributed by atoms with van der Waals surface area (Å²) in [5, 5.41) is 6.01. The van der Waals surface area contributed by atoms with E-state index in [0.29, 0.717) is 6.54 Å². The molecular formula is C19H24N4O. The first-order valence-corrected chi connectivity index (χ1v) is 8.55. The van der Waals surface area contributed by atoms with E-state index in [9.17, 15) is 4.79 Å². The van der Waals surface area contributed by atoms with Crippen LogP contribution in [0, 0.1) is 0 Å². The summed E-state index contributed by atoms with van der Waals surface area (Å²) in [6, 6.07) is 16.4. The summed E-state index contributed by atoms with van der Waals surface area (Å²) in [4.78, 5) is 18.6. The highest BCUT2D eigenvalue weighted by Crippen LogP contribution is 2.17. The number of carbonyl (C=O) groups excluding carboxylic acids is 1. The summed E-state index contributed by atoms with van der Waals surface area (Å²) < 4.78 is 0. The van der Waals surface area contributed by atoms with E-state index in [-0.39, 0.29) is 12.1 Å². The second kappa shape index (κ2) is 8.34. The molecule has 0 unspecified atom stereocenters. The molecule has 1 aliphatic rings. The molecule has 1 aromatic heterocycles. The Morgan fingerprint density at radius 2 is 2.00 bits per heavy atom. The number of hydrogen-bond acceptors (Lipinski definition) is 3. The molecule has 5 heteroatoms. The first kappa shape index (κ1) is 16.3. The van der Waals surface area contributed by atoms with E-state index in [1.165, 1.54) is 5.56 Å². The van der Waals surface area contributed by atoms with Crippen LogP contribution in [-0.2, 0) is 6.42 Å². The Labute approximate surface area is 143 Å². The lowest BCUT2D eigenvalue weighted by Gasteiger charge is -2.18. The second-order valence-corrected chi connectivity index (χ2v) is 6.11. The number of nitrogens with zero attached hydrogens (tertiary/aromatic N) is 2. The summed E-state index contributed by atoms with van der Waals surface area (Å²) in [6.07, 6.45) is 4.68. The van der Waals surface area contributed by atoms with Crippen molar-refractivity contribution in [1.29, 1.82) is 0 Å². The van der Waals surface area contributed by atoms with Crippen molar-refractivity contribution in [3.05, 3.63) is 60.3 Å². The minimum absolute atomic E-state index is 0.0732. The van der Waals surface area contributed by atoms with Gasteiger partial charge >= 0.3 is 6.03 Å². The lowest BCUT2D eigenvalue weighted by atomic mass is 10.1. The van der Waals surface area contributed by atoms with Gasteiger partial charge in [-0.1, -0.05) is 36.4 Å². The first-order valence-electron chi connectivity index (χ1n) is 8.55. The largest absolute Gasteiger partial charge is 0.354 e. The van der Waals surface area contributed by atoms with Gasteiger partial charge in [0.25, 0.3) is 0 Å². The van der Waals surface area contributed by atoms with E-state index in [2.05, 4.69) is 32.7 Å². The summed E-state index contributed by atoms with van der Waals surface area (Å²) in [7, 11) is 0. The number of amides is 2. The number of urea groups is 1. The van der Waals surface area contributed by atoms with Gasteiger partial charge in [-0.25, -0.2) is 9.78 Å². The molecule has 1 aliphatic heterocycles. The van der Waals surface area contributed by atoms with Gasteiger partial charge in [0, 0.05) is 31.9 Å². The van der Waals surface area contributed by atoms with E-state index in [1.54, 1.807) is 6.20 Å². The monoisotopic (exact) mass is 324 g/mol. The van der Waals surface area contributed by atoms with Gasteiger partial charge in [0.2, 0.25) is 0 Å². The van der Waals surface area contributed by atoms with Crippen molar-refractivity contribution in [2.75, 3.05) is 24.5 Å². The van der Waals surface area contributed by atoms with Crippen molar-refractivity contribution >= 4 is 11.8 Å². The third-order valence-electron chi connectivity index (χ3n) is 4.27. The molecule has 0 aliphatic carbocycles. The third kappa shape index (κ3) is 4.72. The van der Waals surface area contributed by atoms with Crippen molar-refractivity contribution in [3.63, 3.8) is 0 Å². The molecule has 2 aromatic rings. The maximum Gasteiger partial charge on any atom is 0.315 e. The number of benzene rings is 1. The van der Waals surface area contributed by atoms with Gasteiger partial charge in [-0.2, -0.15) is 0 Å². The number of carbonyl (C=O) groups is 1. The van der Waals surface area contributed by atoms with Crippen LogP contribution in [0.5, 0.6) is 0 Å². The molecule has 0 bridgehead atoms. The zero-order chi connectivity index (χ0) is 16.6. The molecule has 0 saturated carbocycles. The lowest BCUT2D eigenvalue weighted by Crippen LogP contribution is -2.43. The molecule has 24 heavy (non-hydrogen) atoms. The molecule has 1 aromatic carbocycles. The minimum Gasteiger partial charge on any atom is -0.354 e. The number of rotatable bonds is 6. The molecule has 0 radical (unpaired) electrons. The fraction of sp³-hybridized carbons (Fsp3) is 0.368. The molecule has 1 saturated heterocycles. The highest BCUT2D eigenvalue weighted by Gasteiger charge is 2.24. The molecular weight excluding hydrogens is 300 g/mol. The Bertz CT molecular complexity index is 632. The van der Waals surface area contributed by atoms with Gasteiger partial charge < -0.3 is 15.5 Å². The molecule has 2 heterocycles. The van der Waals surface area contributed by atoms with Crippen LogP contribution >= 0.6 is 0 Å². The Morgan fingerprint density at radius 3 is 2.79 bits per heavy atom. The van der Waals surface area contributed by atoms with Gasteiger partial charge in [-0.15, -0.1) is 0 Å². The van der Waals surface area contributed by atoms with Crippen molar-refractivity contribution in [2.24, 2.45) is 0 Å². The fourth-order valence-electron chi connectivity index (χ4n) is 3.00. The van der Waals surface area contributed by atoms with Gasteiger partial charge in [0.15, 0.2) is 0 Å². The van der Waals surface area contributed by atoms with E-state index in [1.807, 2.05) is 36.4 Å². The zero-order valence-electron chi connectivity index (χ0n) is 13.8. The standard InChI is InChI=1S/C19H24N4O/c24-19(21-13-6-9-16-7-2-1-3-8-16)22-17-11-14-23(15-17)18-10-4-5-12-20-18/h1-5,7-8,10,12,17H,6,9,11,13-15H2,(H2,21,22,24)/t17-/m0/s1. The molecule has 5 nitrogen and oxygen atoms in total. The number of aryl methyl sites for hydroxylation is 1. The Hall–Kier alpha value is -2.56. The van der Waals surface area contributed by atoms with Crippen LogP contribution in [0.3, 0.4) is 0 Å². The van der Waals surface area contributed by atoms with Crippen LogP contribution in [0.2, 0.25) is 0 Å². The summed E-state index contributed by atoms with van der Waals surface area (Å²) in [5.41, 5.74) is 1.31. The smallest absolute Gasteiger partial charge is 0.315 e. The predicted molar refractivity (Wildman–Crippen MR) is 96.2 cm³/mol. The van der Waals surface area contributed by atoms with Crippen LogP contribution in [0.25, 0.3) is 0 Å². The van der Waals surface area contributed by atoms with Crippen molar-refractivity contribution in [2.45, 2.75) is 25.3 Å². The summed E-state index contributed by atoms with van der Waals surface area (Å²) >= 11 is 0. The SMILES string of the molecule is O=C(NCCCc1ccccc1)N[C@H]1CCN(c2ccccn2)C1. The quantitative estimate of drug-likeness (QED) is 0.803. The van der Waals surface area contributed by atoms with E-state index in [0.717, 1.165) is 38.2 Å². The molecule has 2 amide bonds. The Balaban J connectivity index is 1.34. The fourth-order valence-corrected chi connectivity index (χ4v) is 3.00. The van der Waals surface area contributed by atoms with Crippen molar-refractivity contribution in [3.8, 4) is 0 Å². The Kier molecular flexibility index (Phi) is 5.66. The number of pyridine rings is 1. The van der Waals surface area contributed by atoms with Gasteiger partial charge in [-0.05, 0) is 37.0 Å². The minimum atomic E-state index is -0.0732. The zero-order valence-corrected chi connectivity index (χ0v) is 13.8. The van der Waals surface area contributed by atoms with Crippen LogP contribution in [0.15, 0.2) is 54.7 Å². The predicted octanol–water partition coefficient (Wildman–Crippen LogP) is 2.59. The van der Waals surface area contributed by atoms with E-state index in [4.69, 9.17) is 0 Å². The van der Waals surface area contributed by atoms with E-state index >= 15 is 0 Å². The van der Waals surface area contributed by atoms with Gasteiger partial charge in [0.1, 0.15) is 5.82 Å². The Morgan fingerprint density at radius 1 is 1.17 bits per heavy atom. The first-order chi connectivity index (χ1) is 11.8. The molecule has 0 spiro atoms. The van der Waals surface area contributed by atoms with Gasteiger partial charge in [-0.3, -0.25) is 0 Å². The molecule has 3 rings (SSSR count). The topological polar surface area (TPSA) is 57.3 Å². The normalized spacial score (nSPS) is 16.8. The number of anilines is 1. The van der Waals surface area contributed by atoms with Crippen molar-refractivity contribution < 1.29 is 4.79 Å². The summed E-state index contributed by atoms with van der Waals surface area (Å²) in [6.45, 7) is 2.43. The van der Waals surface area contributed by atoms with Crippen LogP contribution in [-0.4, -0.2) is 36.7 Å². The molecule has 126 valence electrons. The summed E-state index contributed by atoms with van der Waals surface area (Å²) in [5.74, 6) is 0.977. The average molecular weight is 324 g/mol. The molecule has 2 N–H and O–H groups in total. The van der Waals surface area contributed by atoms with Crippen LogP contribution in [0.1, 0.15) is 18.4 Å². The van der Waals surface area contributed by atoms with Gasteiger partial charge in [0.05, 0.1) is 0 Å². The number of nitrogens with one attached hydrogen (secondary N) is 2. The van der Waals surface area contributed by atoms with E-state index < -0.39 is 0 Å². The highest BCUT2D eigenvalue weighted by atomic mass is 16.2. The van der Waals surface area contributed by atoms with Crippen LogP contribution in [0.4, 0.5) is 10.6 Å². The molecule has 1 atom stereocenters. The number of hydrogen-bond donors (Lipinski definition) is 2. The maximum absolute atomic E-state index is 12.0. The number of aromatic nitrogens is 1. The van der Waals surface area contributed by atoms with Crippen molar-refractivity contribution in [1.82, 2.24) is 15.6 Å². The molecule has 1 fully saturated rings. The lowest BCUT2D eigenvalue weighted by molar-refractivity contribution is 0.237.